The number of carbonyl (C=O) groups excluding carboxylic acids is 2. The molecule has 0 saturated heterocycles. The molecule has 176 valence electrons. The van der Waals surface area contributed by atoms with Crippen molar-refractivity contribution in [3.63, 3.8) is 0 Å². The molecular weight excluding hydrogens is 440 g/mol. The highest BCUT2D eigenvalue weighted by Gasteiger charge is 2.40. The number of carbonyl (C=O) groups is 2. The molecule has 2 aromatic rings. The number of hydrogen-bond donors (Lipinski definition) is 2. The molecule has 0 saturated carbocycles. The van der Waals surface area contributed by atoms with Crippen molar-refractivity contribution < 1.29 is 22.7 Å². The van der Waals surface area contributed by atoms with E-state index in [1.165, 1.54) is 0 Å². The number of nitrogens with one attached hydrogen (secondary N) is 2. The molecule has 2 amide bonds. The molecule has 0 fully saturated rings. The van der Waals surface area contributed by atoms with Crippen molar-refractivity contribution in [2.45, 2.75) is 45.6 Å². The zero-order chi connectivity index (χ0) is 24.2. The van der Waals surface area contributed by atoms with Crippen LogP contribution in [0.15, 0.2) is 54.1 Å². The quantitative estimate of drug-likeness (QED) is 0.455. The van der Waals surface area contributed by atoms with Gasteiger partial charge in [0.25, 0.3) is 11.8 Å². The van der Waals surface area contributed by atoms with Gasteiger partial charge < -0.3 is 10.1 Å². The standard InChI is InChI=1S/C25H30N2O5S/c1-5-6-15-32-20-13-11-19(12-14-20)25(3)16-21(18-9-7-17(2)8-10-18)22(23(28)26-25)24(29)27-33(4,30)31/h7-14H,5-6,15-16H2,1-4H3,(H,26,28)(H,27,29)/t25-/m0/s1. The second kappa shape index (κ2) is 9.79. The van der Waals surface area contributed by atoms with Crippen molar-refractivity contribution in [1.29, 1.82) is 0 Å². The molecule has 1 heterocycles. The van der Waals surface area contributed by atoms with Crippen molar-refractivity contribution >= 4 is 27.4 Å². The number of hydrogen-bond acceptors (Lipinski definition) is 5. The van der Waals surface area contributed by atoms with Crippen LogP contribution in [0.5, 0.6) is 5.75 Å². The number of unbranched alkanes of at least 4 members (excludes halogenated alkanes) is 1. The molecule has 8 heteroatoms. The van der Waals surface area contributed by atoms with Crippen LogP contribution in [0.25, 0.3) is 5.57 Å². The zero-order valence-electron chi connectivity index (χ0n) is 19.4. The fourth-order valence-electron chi connectivity index (χ4n) is 3.82. The lowest BCUT2D eigenvalue weighted by Crippen LogP contribution is -2.50. The highest BCUT2D eigenvalue weighted by atomic mass is 32.2. The van der Waals surface area contributed by atoms with Crippen LogP contribution in [0.4, 0.5) is 0 Å². The molecule has 1 atom stereocenters. The summed E-state index contributed by atoms with van der Waals surface area (Å²) < 4.78 is 31.0. The van der Waals surface area contributed by atoms with Gasteiger partial charge >= 0.3 is 0 Å². The van der Waals surface area contributed by atoms with E-state index in [9.17, 15) is 18.0 Å². The highest BCUT2D eigenvalue weighted by molar-refractivity contribution is 7.89. The predicted octanol–water partition coefficient (Wildman–Crippen LogP) is 3.44. The molecule has 0 aliphatic carbocycles. The van der Waals surface area contributed by atoms with Gasteiger partial charge in [0.05, 0.1) is 18.4 Å². The van der Waals surface area contributed by atoms with Gasteiger partial charge in [-0.15, -0.1) is 0 Å². The lowest BCUT2D eigenvalue weighted by molar-refractivity contribution is -0.124. The molecule has 1 aliphatic heterocycles. The Morgan fingerprint density at radius 1 is 1.12 bits per heavy atom. The summed E-state index contributed by atoms with van der Waals surface area (Å²) >= 11 is 0. The maximum atomic E-state index is 13.2. The minimum Gasteiger partial charge on any atom is -0.494 e. The summed E-state index contributed by atoms with van der Waals surface area (Å²) in [4.78, 5) is 25.9. The maximum Gasteiger partial charge on any atom is 0.270 e. The third-order valence-electron chi connectivity index (χ3n) is 5.61. The second-order valence-corrected chi connectivity index (χ2v) is 10.4. The summed E-state index contributed by atoms with van der Waals surface area (Å²) in [6, 6.07) is 15.0. The van der Waals surface area contributed by atoms with E-state index in [4.69, 9.17) is 4.74 Å². The average Bonchev–Trinajstić information content (AvgIpc) is 2.73. The fourth-order valence-corrected chi connectivity index (χ4v) is 4.26. The van der Waals surface area contributed by atoms with Gasteiger partial charge in [-0.05, 0) is 49.1 Å². The van der Waals surface area contributed by atoms with Gasteiger partial charge in [0.1, 0.15) is 11.3 Å². The van der Waals surface area contributed by atoms with Crippen molar-refractivity contribution in [2.24, 2.45) is 0 Å². The summed E-state index contributed by atoms with van der Waals surface area (Å²) in [5, 5.41) is 2.92. The topological polar surface area (TPSA) is 102 Å². The van der Waals surface area contributed by atoms with E-state index < -0.39 is 27.4 Å². The molecule has 33 heavy (non-hydrogen) atoms. The van der Waals surface area contributed by atoms with Gasteiger partial charge in [0, 0.05) is 6.42 Å². The molecule has 0 unspecified atom stereocenters. The van der Waals surface area contributed by atoms with E-state index in [1.807, 2.05) is 67.1 Å². The number of benzene rings is 2. The first-order chi connectivity index (χ1) is 15.5. The van der Waals surface area contributed by atoms with E-state index in [0.717, 1.165) is 36.0 Å². The van der Waals surface area contributed by atoms with E-state index >= 15 is 0 Å². The van der Waals surface area contributed by atoms with Crippen LogP contribution >= 0.6 is 0 Å². The maximum absolute atomic E-state index is 13.2. The average molecular weight is 471 g/mol. The molecule has 2 N–H and O–H groups in total. The van der Waals surface area contributed by atoms with E-state index in [-0.39, 0.29) is 5.57 Å². The summed E-state index contributed by atoms with van der Waals surface area (Å²) in [5.41, 5.74) is 2.08. The molecule has 7 nitrogen and oxygen atoms in total. The zero-order valence-corrected chi connectivity index (χ0v) is 20.2. The molecule has 0 spiro atoms. The van der Waals surface area contributed by atoms with Gasteiger partial charge in [-0.25, -0.2) is 13.1 Å². The molecule has 3 rings (SSSR count). The van der Waals surface area contributed by atoms with E-state index in [1.54, 1.807) is 0 Å². The Hall–Kier alpha value is -3.13. The molecule has 1 aliphatic rings. The minimum absolute atomic E-state index is 0.193. The smallest absolute Gasteiger partial charge is 0.270 e. The van der Waals surface area contributed by atoms with E-state index in [2.05, 4.69) is 12.2 Å². The third-order valence-corrected chi connectivity index (χ3v) is 6.17. The molecule has 0 bridgehead atoms. The monoisotopic (exact) mass is 470 g/mol. The van der Waals surface area contributed by atoms with Gasteiger partial charge in [-0.1, -0.05) is 55.3 Å². The number of ether oxygens (including phenoxy) is 1. The Balaban J connectivity index is 2.00. The fraction of sp³-hybridized carbons (Fsp3) is 0.360. The van der Waals surface area contributed by atoms with Crippen LogP contribution in [0.1, 0.15) is 49.8 Å². The lowest BCUT2D eigenvalue weighted by atomic mass is 9.78. The Morgan fingerprint density at radius 3 is 2.33 bits per heavy atom. The van der Waals surface area contributed by atoms with Crippen LogP contribution in [0.2, 0.25) is 0 Å². The van der Waals surface area contributed by atoms with Crippen LogP contribution in [0, 0.1) is 6.92 Å². The van der Waals surface area contributed by atoms with Crippen molar-refractivity contribution in [3.8, 4) is 5.75 Å². The first kappa shape index (κ1) is 24.5. The summed E-state index contributed by atoms with van der Waals surface area (Å²) in [6.45, 7) is 6.57. The number of aryl methyl sites for hydroxylation is 1. The summed E-state index contributed by atoms with van der Waals surface area (Å²) in [7, 11) is -3.83. The summed E-state index contributed by atoms with van der Waals surface area (Å²) in [6.07, 6.45) is 3.21. The highest BCUT2D eigenvalue weighted by Crippen LogP contribution is 2.39. The molecular formula is C25H30N2O5S. The second-order valence-electron chi connectivity index (χ2n) is 8.61. The van der Waals surface area contributed by atoms with Gasteiger partial charge in [-0.3, -0.25) is 9.59 Å². The Morgan fingerprint density at radius 2 is 1.76 bits per heavy atom. The van der Waals surface area contributed by atoms with Crippen molar-refractivity contribution in [2.75, 3.05) is 12.9 Å². The van der Waals surface area contributed by atoms with Gasteiger partial charge in [0.15, 0.2) is 0 Å². The van der Waals surface area contributed by atoms with Gasteiger partial charge in [-0.2, -0.15) is 0 Å². The van der Waals surface area contributed by atoms with Crippen LogP contribution in [-0.2, 0) is 25.2 Å². The van der Waals surface area contributed by atoms with Crippen molar-refractivity contribution in [3.05, 3.63) is 70.8 Å². The van der Waals surface area contributed by atoms with Gasteiger partial charge in [0.2, 0.25) is 10.0 Å². The number of rotatable bonds is 8. The van der Waals surface area contributed by atoms with E-state index in [0.29, 0.717) is 24.2 Å². The first-order valence-corrected chi connectivity index (χ1v) is 12.8. The third kappa shape index (κ3) is 6.01. The Kier molecular flexibility index (Phi) is 7.27. The Bertz CT molecular complexity index is 1170. The minimum atomic E-state index is -3.83. The molecule has 0 aromatic heterocycles. The SMILES string of the molecule is CCCCOc1ccc([C@]2(C)CC(c3ccc(C)cc3)=C(C(=O)NS(C)(=O)=O)C(=O)N2)cc1. The lowest BCUT2D eigenvalue weighted by Gasteiger charge is -2.37. The van der Waals surface area contributed by atoms with Crippen LogP contribution in [-0.4, -0.2) is 33.1 Å². The van der Waals surface area contributed by atoms with Crippen molar-refractivity contribution in [1.82, 2.24) is 10.0 Å². The normalized spacial score (nSPS) is 18.6. The summed E-state index contributed by atoms with van der Waals surface area (Å²) in [5.74, 6) is -0.809. The van der Waals surface area contributed by atoms with Crippen LogP contribution < -0.4 is 14.8 Å². The molecule has 2 aromatic carbocycles. The predicted molar refractivity (Wildman–Crippen MR) is 128 cm³/mol. The molecule has 0 radical (unpaired) electrons. The first-order valence-electron chi connectivity index (χ1n) is 10.9. The number of sulfonamides is 1. The Labute approximate surface area is 195 Å². The largest absolute Gasteiger partial charge is 0.494 e. The number of amides is 2. The van der Waals surface area contributed by atoms with Crippen LogP contribution in [0.3, 0.4) is 0 Å².